The van der Waals surface area contributed by atoms with E-state index in [-0.39, 0.29) is 5.97 Å². The van der Waals surface area contributed by atoms with Crippen LogP contribution in [0.5, 0.6) is 0 Å². The normalized spacial score (nSPS) is 21.3. The van der Waals surface area contributed by atoms with Gasteiger partial charge in [0.25, 0.3) is 0 Å². The van der Waals surface area contributed by atoms with Crippen molar-refractivity contribution < 1.29 is 19.0 Å². The van der Waals surface area contributed by atoms with Crippen LogP contribution in [0.3, 0.4) is 0 Å². The molecule has 0 aromatic heterocycles. The average Bonchev–Trinajstić information content (AvgIpc) is 2.33. The van der Waals surface area contributed by atoms with Crippen LogP contribution < -0.4 is 0 Å². The van der Waals surface area contributed by atoms with E-state index >= 15 is 0 Å². The van der Waals surface area contributed by atoms with Gasteiger partial charge in [0.05, 0.1) is 13.2 Å². The van der Waals surface area contributed by atoms with E-state index in [2.05, 4.69) is 0 Å². The van der Waals surface area contributed by atoms with Gasteiger partial charge in [0, 0.05) is 12.5 Å². The molecule has 0 radical (unpaired) electrons. The quantitative estimate of drug-likeness (QED) is 0.755. The van der Waals surface area contributed by atoms with Gasteiger partial charge in [-0.05, 0) is 13.8 Å². The molecule has 1 saturated heterocycles. The van der Waals surface area contributed by atoms with Crippen LogP contribution in [0.15, 0.2) is 30.3 Å². The predicted octanol–water partition coefficient (Wildman–Crippen LogP) is 2.23. The van der Waals surface area contributed by atoms with Gasteiger partial charge in [-0.1, -0.05) is 30.3 Å². The molecule has 0 spiro atoms. The summed E-state index contributed by atoms with van der Waals surface area (Å²) in [5.74, 6) is -0.982. The van der Waals surface area contributed by atoms with E-state index in [0.29, 0.717) is 13.2 Å². The molecular weight excluding hydrogens is 232 g/mol. The summed E-state index contributed by atoms with van der Waals surface area (Å²) >= 11 is 0. The van der Waals surface area contributed by atoms with Gasteiger partial charge in [0.2, 0.25) is 0 Å². The van der Waals surface area contributed by atoms with Gasteiger partial charge in [-0.3, -0.25) is 4.79 Å². The van der Waals surface area contributed by atoms with Gasteiger partial charge in [0.15, 0.2) is 11.4 Å². The van der Waals surface area contributed by atoms with Crippen molar-refractivity contribution in [1.82, 2.24) is 0 Å². The lowest BCUT2D eigenvalue weighted by molar-refractivity contribution is -0.307. The summed E-state index contributed by atoms with van der Waals surface area (Å²) in [5.41, 5.74) is 0.0403. The van der Waals surface area contributed by atoms with Crippen molar-refractivity contribution in [3.8, 4) is 0 Å². The Hall–Kier alpha value is -1.39. The Bertz CT molecular complexity index is 415. The predicted molar refractivity (Wildman–Crippen MR) is 65.9 cm³/mol. The van der Waals surface area contributed by atoms with Crippen molar-refractivity contribution in [3.63, 3.8) is 0 Å². The van der Waals surface area contributed by atoms with E-state index in [1.54, 1.807) is 0 Å². The second-order valence-corrected chi connectivity index (χ2v) is 4.93. The van der Waals surface area contributed by atoms with Crippen LogP contribution >= 0.6 is 0 Å². The number of carbonyl (C=O) groups is 1. The maximum atomic E-state index is 11.3. The Morgan fingerprint density at radius 1 is 1.17 bits per heavy atom. The Balaban J connectivity index is 2.28. The second-order valence-electron chi connectivity index (χ2n) is 4.93. The lowest BCUT2D eigenvalue weighted by Gasteiger charge is -2.42. The fourth-order valence-electron chi connectivity index (χ4n) is 1.97. The van der Waals surface area contributed by atoms with E-state index in [0.717, 1.165) is 5.56 Å². The molecule has 1 aromatic rings. The molecule has 0 amide bonds. The zero-order valence-electron chi connectivity index (χ0n) is 10.9. The number of esters is 1. The molecule has 1 aliphatic heterocycles. The Morgan fingerprint density at radius 2 is 1.72 bits per heavy atom. The summed E-state index contributed by atoms with van der Waals surface area (Å²) in [6.07, 6.45) is 0. The Kier molecular flexibility index (Phi) is 3.41. The van der Waals surface area contributed by atoms with Crippen LogP contribution in [-0.4, -0.2) is 25.0 Å². The number of hydrogen-bond donors (Lipinski definition) is 0. The van der Waals surface area contributed by atoms with Crippen LogP contribution in [0.4, 0.5) is 0 Å². The van der Waals surface area contributed by atoms with Gasteiger partial charge in [-0.25, -0.2) is 0 Å². The molecule has 4 heteroatoms. The maximum Gasteiger partial charge on any atom is 0.303 e. The van der Waals surface area contributed by atoms with Crippen molar-refractivity contribution in [2.45, 2.75) is 32.2 Å². The fraction of sp³-hybridized carbons (Fsp3) is 0.500. The van der Waals surface area contributed by atoms with Crippen LogP contribution in [-0.2, 0) is 24.6 Å². The fourth-order valence-corrected chi connectivity index (χ4v) is 1.97. The molecule has 0 bridgehead atoms. The van der Waals surface area contributed by atoms with Gasteiger partial charge >= 0.3 is 5.97 Å². The van der Waals surface area contributed by atoms with E-state index in [1.807, 2.05) is 44.2 Å². The molecule has 2 rings (SSSR count). The smallest absolute Gasteiger partial charge is 0.303 e. The average molecular weight is 250 g/mol. The summed E-state index contributed by atoms with van der Waals surface area (Å²) in [4.78, 5) is 11.3. The largest absolute Gasteiger partial charge is 0.449 e. The monoisotopic (exact) mass is 250 g/mol. The summed E-state index contributed by atoms with van der Waals surface area (Å²) in [6, 6.07) is 9.54. The van der Waals surface area contributed by atoms with Crippen LogP contribution in [0.2, 0.25) is 0 Å². The van der Waals surface area contributed by atoms with Crippen molar-refractivity contribution in [3.05, 3.63) is 35.9 Å². The molecular formula is C14H18O4. The van der Waals surface area contributed by atoms with E-state index < -0.39 is 11.4 Å². The Labute approximate surface area is 107 Å². The second kappa shape index (κ2) is 4.71. The highest BCUT2D eigenvalue weighted by Crippen LogP contribution is 2.34. The zero-order chi connectivity index (χ0) is 13.2. The van der Waals surface area contributed by atoms with Gasteiger partial charge in [-0.2, -0.15) is 0 Å². The minimum absolute atomic E-state index is 0.295. The molecule has 98 valence electrons. The molecule has 0 N–H and O–H groups in total. The molecule has 0 unspecified atom stereocenters. The van der Waals surface area contributed by atoms with Gasteiger partial charge in [0.1, 0.15) is 0 Å². The van der Waals surface area contributed by atoms with Crippen LogP contribution in [0.1, 0.15) is 26.3 Å². The maximum absolute atomic E-state index is 11.3. The number of ether oxygens (including phenoxy) is 3. The van der Waals surface area contributed by atoms with Crippen molar-refractivity contribution in [1.29, 1.82) is 0 Å². The molecule has 18 heavy (non-hydrogen) atoms. The minimum Gasteiger partial charge on any atom is -0.449 e. The van der Waals surface area contributed by atoms with Gasteiger partial charge < -0.3 is 14.2 Å². The minimum atomic E-state index is -0.845. The van der Waals surface area contributed by atoms with Crippen molar-refractivity contribution in [2.24, 2.45) is 0 Å². The summed E-state index contributed by atoms with van der Waals surface area (Å²) < 4.78 is 16.7. The van der Waals surface area contributed by atoms with Crippen molar-refractivity contribution >= 4 is 5.97 Å². The lowest BCUT2D eigenvalue weighted by atomic mass is 9.94. The van der Waals surface area contributed by atoms with E-state index in [1.165, 1.54) is 6.92 Å². The molecule has 1 aliphatic rings. The summed E-state index contributed by atoms with van der Waals surface area (Å²) in [6.45, 7) is 5.67. The lowest BCUT2D eigenvalue weighted by Crippen LogP contribution is -2.51. The SMILES string of the molecule is CC(=O)OC1(c2ccccc2)COC(C)(C)OC1. The standard InChI is InChI=1S/C14H18O4/c1-11(15)18-14(12-7-5-4-6-8-12)9-16-13(2,3)17-10-14/h4-8H,9-10H2,1-3H3. The number of rotatable bonds is 2. The molecule has 0 aliphatic carbocycles. The highest BCUT2D eigenvalue weighted by Gasteiger charge is 2.44. The molecule has 1 heterocycles. The third kappa shape index (κ3) is 2.71. The Morgan fingerprint density at radius 3 is 2.22 bits per heavy atom. The molecule has 4 nitrogen and oxygen atoms in total. The third-order valence-electron chi connectivity index (χ3n) is 2.94. The topological polar surface area (TPSA) is 44.8 Å². The number of hydrogen-bond acceptors (Lipinski definition) is 4. The molecule has 1 aromatic carbocycles. The molecule has 0 saturated carbocycles. The summed E-state index contributed by atoms with van der Waals surface area (Å²) in [5, 5.41) is 0. The first-order valence-corrected chi connectivity index (χ1v) is 5.97. The highest BCUT2D eigenvalue weighted by molar-refractivity contribution is 5.67. The van der Waals surface area contributed by atoms with Crippen LogP contribution in [0, 0.1) is 0 Å². The molecule has 0 atom stereocenters. The van der Waals surface area contributed by atoms with Crippen LogP contribution in [0.25, 0.3) is 0 Å². The highest BCUT2D eigenvalue weighted by atomic mass is 16.7. The van der Waals surface area contributed by atoms with E-state index in [9.17, 15) is 4.79 Å². The van der Waals surface area contributed by atoms with E-state index in [4.69, 9.17) is 14.2 Å². The molecule has 1 fully saturated rings. The third-order valence-corrected chi connectivity index (χ3v) is 2.94. The van der Waals surface area contributed by atoms with Gasteiger partial charge in [-0.15, -0.1) is 0 Å². The first-order chi connectivity index (χ1) is 8.44. The summed E-state index contributed by atoms with van der Waals surface area (Å²) in [7, 11) is 0. The number of benzene rings is 1. The number of carbonyl (C=O) groups excluding carboxylic acids is 1. The first-order valence-electron chi connectivity index (χ1n) is 5.97. The van der Waals surface area contributed by atoms with Crippen molar-refractivity contribution in [2.75, 3.05) is 13.2 Å². The zero-order valence-corrected chi connectivity index (χ0v) is 10.9. The first kappa shape index (κ1) is 13.1.